The summed E-state index contributed by atoms with van der Waals surface area (Å²) >= 11 is 0. The number of hydrogen-bond donors (Lipinski definition) is 1. The first-order valence-corrected chi connectivity index (χ1v) is 7.23. The van der Waals surface area contributed by atoms with Crippen molar-refractivity contribution >= 4 is 11.9 Å². The molecule has 0 saturated carbocycles. The monoisotopic (exact) mass is 300 g/mol. The number of nitrogens with zero attached hydrogens (tertiary/aromatic N) is 2. The minimum absolute atomic E-state index is 0.145. The number of carbonyl (C=O) groups excluding carboxylic acids is 1. The Morgan fingerprint density at radius 2 is 2.00 bits per heavy atom. The van der Waals surface area contributed by atoms with E-state index >= 15 is 0 Å². The molecule has 1 aromatic heterocycles. The molecule has 6 nitrogen and oxygen atoms in total. The lowest BCUT2D eigenvalue weighted by Gasteiger charge is -2.32. The summed E-state index contributed by atoms with van der Waals surface area (Å²) in [6, 6.07) is 10.1. The molecule has 22 heavy (non-hydrogen) atoms. The maximum atomic E-state index is 12.5. The molecule has 1 saturated heterocycles. The largest absolute Gasteiger partial charge is 0.480 e. The van der Waals surface area contributed by atoms with Crippen molar-refractivity contribution in [3.05, 3.63) is 42.1 Å². The third-order valence-corrected chi connectivity index (χ3v) is 3.84. The van der Waals surface area contributed by atoms with E-state index in [1.165, 1.54) is 4.90 Å². The number of carbonyl (C=O) groups is 2. The van der Waals surface area contributed by atoms with Gasteiger partial charge in [-0.3, -0.25) is 4.79 Å². The molecule has 1 amide bonds. The predicted molar refractivity (Wildman–Crippen MR) is 78.3 cm³/mol. The zero-order valence-electron chi connectivity index (χ0n) is 11.9. The van der Waals surface area contributed by atoms with Crippen molar-refractivity contribution in [3.8, 4) is 11.3 Å². The van der Waals surface area contributed by atoms with Gasteiger partial charge in [-0.05, 0) is 19.3 Å². The Morgan fingerprint density at radius 1 is 1.23 bits per heavy atom. The highest BCUT2D eigenvalue weighted by molar-refractivity contribution is 5.95. The summed E-state index contributed by atoms with van der Waals surface area (Å²) < 4.78 is 5.21. The molecular weight excluding hydrogens is 284 g/mol. The fourth-order valence-corrected chi connectivity index (χ4v) is 2.69. The quantitative estimate of drug-likeness (QED) is 0.941. The van der Waals surface area contributed by atoms with Crippen molar-refractivity contribution in [1.29, 1.82) is 0 Å². The van der Waals surface area contributed by atoms with E-state index in [-0.39, 0.29) is 5.69 Å². The molecule has 1 N–H and O–H groups in total. The highest BCUT2D eigenvalue weighted by Gasteiger charge is 2.33. The Hall–Kier alpha value is -2.63. The van der Waals surface area contributed by atoms with Gasteiger partial charge < -0.3 is 14.5 Å². The molecule has 3 rings (SSSR count). The molecule has 1 atom stereocenters. The maximum absolute atomic E-state index is 12.5. The minimum Gasteiger partial charge on any atom is -0.480 e. The fourth-order valence-electron chi connectivity index (χ4n) is 2.69. The summed E-state index contributed by atoms with van der Waals surface area (Å²) in [5.41, 5.74) is 0.967. The average Bonchev–Trinajstić information content (AvgIpc) is 3.05. The van der Waals surface area contributed by atoms with Gasteiger partial charge in [-0.1, -0.05) is 35.5 Å². The van der Waals surface area contributed by atoms with Gasteiger partial charge in [0.15, 0.2) is 11.5 Å². The molecule has 2 aromatic rings. The van der Waals surface area contributed by atoms with Crippen LogP contribution in [0.15, 0.2) is 40.9 Å². The van der Waals surface area contributed by atoms with Crippen LogP contribution in [0, 0.1) is 0 Å². The number of piperidine rings is 1. The summed E-state index contributed by atoms with van der Waals surface area (Å²) in [5.74, 6) is -0.870. The molecule has 114 valence electrons. The third kappa shape index (κ3) is 2.72. The third-order valence-electron chi connectivity index (χ3n) is 3.84. The Labute approximate surface area is 127 Å². The van der Waals surface area contributed by atoms with Crippen molar-refractivity contribution in [2.45, 2.75) is 25.3 Å². The second-order valence-electron chi connectivity index (χ2n) is 5.29. The van der Waals surface area contributed by atoms with Crippen molar-refractivity contribution < 1.29 is 19.2 Å². The Kier molecular flexibility index (Phi) is 3.91. The number of rotatable bonds is 3. The van der Waals surface area contributed by atoms with E-state index in [4.69, 9.17) is 4.52 Å². The van der Waals surface area contributed by atoms with Crippen LogP contribution in [0.2, 0.25) is 0 Å². The van der Waals surface area contributed by atoms with Crippen LogP contribution in [0.4, 0.5) is 0 Å². The summed E-state index contributed by atoms with van der Waals surface area (Å²) in [6.45, 7) is 0.434. The van der Waals surface area contributed by atoms with Crippen LogP contribution in [-0.2, 0) is 4.79 Å². The number of likely N-dealkylation sites (tertiary alicyclic amines) is 1. The predicted octanol–water partition coefficient (Wildman–Crippen LogP) is 2.42. The first kappa shape index (κ1) is 14.3. The van der Waals surface area contributed by atoms with E-state index in [1.54, 1.807) is 6.07 Å². The Bertz CT molecular complexity index is 680. The molecule has 2 heterocycles. The number of carboxylic acid groups (broad SMARTS) is 1. The lowest BCUT2D eigenvalue weighted by atomic mass is 10.0. The van der Waals surface area contributed by atoms with Crippen LogP contribution < -0.4 is 0 Å². The van der Waals surface area contributed by atoms with Gasteiger partial charge in [0, 0.05) is 18.2 Å². The fraction of sp³-hybridized carbons (Fsp3) is 0.312. The zero-order valence-corrected chi connectivity index (χ0v) is 11.9. The summed E-state index contributed by atoms with van der Waals surface area (Å²) in [5, 5.41) is 13.1. The van der Waals surface area contributed by atoms with Gasteiger partial charge in [-0.25, -0.2) is 4.79 Å². The molecule has 0 bridgehead atoms. The zero-order chi connectivity index (χ0) is 15.5. The summed E-state index contributed by atoms with van der Waals surface area (Å²) in [6.07, 6.45) is 2.10. The number of benzene rings is 1. The van der Waals surface area contributed by atoms with Crippen LogP contribution in [0.1, 0.15) is 29.8 Å². The van der Waals surface area contributed by atoms with Crippen molar-refractivity contribution in [3.63, 3.8) is 0 Å². The van der Waals surface area contributed by atoms with E-state index in [0.717, 1.165) is 18.4 Å². The van der Waals surface area contributed by atoms with E-state index in [9.17, 15) is 14.7 Å². The normalized spacial score (nSPS) is 18.2. The molecule has 0 radical (unpaired) electrons. The molecule has 1 aromatic carbocycles. The Morgan fingerprint density at radius 3 is 2.73 bits per heavy atom. The molecule has 0 unspecified atom stereocenters. The van der Waals surface area contributed by atoms with Gasteiger partial charge in [0.25, 0.3) is 5.91 Å². The molecule has 0 spiro atoms. The molecular formula is C16H16N2O4. The van der Waals surface area contributed by atoms with Gasteiger partial charge in [0.05, 0.1) is 0 Å². The molecule has 1 fully saturated rings. The van der Waals surface area contributed by atoms with Crippen LogP contribution in [0.3, 0.4) is 0 Å². The lowest BCUT2D eigenvalue weighted by Crippen LogP contribution is -2.48. The molecule has 0 aliphatic carbocycles. The average molecular weight is 300 g/mol. The number of amides is 1. The van der Waals surface area contributed by atoms with Gasteiger partial charge >= 0.3 is 5.97 Å². The SMILES string of the molecule is O=C(O)[C@@H]1CCCCN1C(=O)c1cc(-c2ccccc2)on1. The van der Waals surface area contributed by atoms with Gasteiger partial charge in [0.2, 0.25) is 0 Å². The van der Waals surface area contributed by atoms with E-state index in [2.05, 4.69) is 5.16 Å². The van der Waals surface area contributed by atoms with Crippen molar-refractivity contribution in [1.82, 2.24) is 10.1 Å². The number of hydrogen-bond acceptors (Lipinski definition) is 4. The van der Waals surface area contributed by atoms with Crippen molar-refractivity contribution in [2.24, 2.45) is 0 Å². The number of aliphatic carboxylic acids is 1. The van der Waals surface area contributed by atoms with Crippen LogP contribution in [-0.4, -0.2) is 39.6 Å². The van der Waals surface area contributed by atoms with Gasteiger partial charge in [0.1, 0.15) is 6.04 Å². The molecule has 6 heteroatoms. The van der Waals surface area contributed by atoms with Crippen molar-refractivity contribution in [2.75, 3.05) is 6.54 Å². The van der Waals surface area contributed by atoms with Crippen LogP contribution >= 0.6 is 0 Å². The number of aromatic nitrogens is 1. The number of carboxylic acids is 1. The van der Waals surface area contributed by atoms with E-state index in [0.29, 0.717) is 18.7 Å². The standard InChI is InChI=1S/C16H16N2O4/c19-15(18-9-5-4-8-13(18)16(20)21)12-10-14(22-17-12)11-6-2-1-3-7-11/h1-3,6-7,10,13H,4-5,8-9H2,(H,20,21)/t13-/m0/s1. The second-order valence-corrected chi connectivity index (χ2v) is 5.29. The van der Waals surface area contributed by atoms with Crippen LogP contribution in [0.25, 0.3) is 11.3 Å². The molecule has 1 aliphatic heterocycles. The van der Waals surface area contributed by atoms with E-state index in [1.807, 2.05) is 30.3 Å². The van der Waals surface area contributed by atoms with Gasteiger partial charge in [-0.2, -0.15) is 0 Å². The topological polar surface area (TPSA) is 83.6 Å². The van der Waals surface area contributed by atoms with Crippen LogP contribution in [0.5, 0.6) is 0 Å². The Balaban J connectivity index is 1.83. The highest BCUT2D eigenvalue weighted by Crippen LogP contribution is 2.23. The van der Waals surface area contributed by atoms with E-state index < -0.39 is 17.9 Å². The minimum atomic E-state index is -0.972. The smallest absolute Gasteiger partial charge is 0.326 e. The summed E-state index contributed by atoms with van der Waals surface area (Å²) in [4.78, 5) is 25.2. The first-order chi connectivity index (χ1) is 10.7. The highest BCUT2D eigenvalue weighted by atomic mass is 16.5. The first-order valence-electron chi connectivity index (χ1n) is 7.23. The lowest BCUT2D eigenvalue weighted by molar-refractivity contribution is -0.143. The molecule has 1 aliphatic rings. The van der Waals surface area contributed by atoms with Gasteiger partial charge in [-0.15, -0.1) is 0 Å². The summed E-state index contributed by atoms with van der Waals surface area (Å²) in [7, 11) is 0. The maximum Gasteiger partial charge on any atom is 0.326 e. The second kappa shape index (κ2) is 6.01.